The third kappa shape index (κ3) is 6.73. The lowest BCUT2D eigenvalue weighted by molar-refractivity contribution is 0.0273. The molecule has 0 radical (unpaired) electrons. The lowest BCUT2D eigenvalue weighted by Crippen LogP contribution is -2.26. The predicted octanol–water partition coefficient (Wildman–Crippen LogP) is 4.23. The van der Waals surface area contributed by atoms with E-state index in [1.54, 1.807) is 0 Å². The van der Waals surface area contributed by atoms with Crippen molar-refractivity contribution in [1.82, 2.24) is 5.32 Å². The van der Waals surface area contributed by atoms with Crippen molar-refractivity contribution >= 4 is 21.6 Å². The van der Waals surface area contributed by atoms with E-state index in [0.717, 1.165) is 25.0 Å². The van der Waals surface area contributed by atoms with Crippen LogP contribution < -0.4 is 10.0 Å². The summed E-state index contributed by atoms with van der Waals surface area (Å²) < 4.78 is 59.0. The molecule has 1 aliphatic rings. The van der Waals surface area contributed by atoms with Gasteiger partial charge in [-0.2, -0.15) is 0 Å². The summed E-state index contributed by atoms with van der Waals surface area (Å²) in [6.45, 7) is 1.09. The Hall–Kier alpha value is -2.52. The van der Waals surface area contributed by atoms with Gasteiger partial charge in [-0.1, -0.05) is 19.3 Å². The molecule has 6 nitrogen and oxygen atoms in total. The van der Waals surface area contributed by atoms with Crippen molar-refractivity contribution in [2.24, 2.45) is 0 Å². The molecule has 1 fully saturated rings. The number of carbonyl (C=O) groups excluding carboxylic acids is 1. The molecule has 3 rings (SSSR count). The molecule has 0 bridgehead atoms. The molecule has 0 spiro atoms. The number of anilines is 1. The third-order valence-electron chi connectivity index (χ3n) is 5.11. The maximum Gasteiger partial charge on any atom is 0.261 e. The molecule has 2 aromatic carbocycles. The van der Waals surface area contributed by atoms with Crippen LogP contribution in [0, 0.1) is 11.6 Å². The Morgan fingerprint density at radius 1 is 1.00 bits per heavy atom. The fourth-order valence-corrected chi connectivity index (χ4v) is 4.48. The molecule has 2 N–H and O–H groups in total. The highest BCUT2D eigenvalue weighted by Crippen LogP contribution is 2.20. The van der Waals surface area contributed by atoms with Crippen molar-refractivity contribution in [3.05, 3.63) is 59.7 Å². The molecule has 1 saturated carbocycles. The lowest BCUT2D eigenvalue weighted by Gasteiger charge is -2.21. The summed E-state index contributed by atoms with van der Waals surface area (Å²) in [4.78, 5) is 11.8. The number of amides is 1. The van der Waals surface area contributed by atoms with Crippen LogP contribution >= 0.6 is 0 Å². The van der Waals surface area contributed by atoms with Crippen molar-refractivity contribution in [3.8, 4) is 0 Å². The van der Waals surface area contributed by atoms with Gasteiger partial charge in [0.25, 0.3) is 15.9 Å². The monoisotopic (exact) mass is 452 g/mol. The summed E-state index contributed by atoms with van der Waals surface area (Å²) in [5.74, 6) is -2.65. The van der Waals surface area contributed by atoms with Crippen LogP contribution in [0.15, 0.2) is 47.4 Å². The van der Waals surface area contributed by atoms with Gasteiger partial charge in [-0.15, -0.1) is 0 Å². The first-order valence-electron chi connectivity index (χ1n) is 10.3. The van der Waals surface area contributed by atoms with Crippen LogP contribution in [-0.4, -0.2) is 33.6 Å². The standard InChI is InChI=1S/C22H26F2N2O4S/c23-20-12-11-19(15-21(20)24)31(28,29)26-17-9-7-16(8-10-17)22(27)25-13-4-14-30-18-5-2-1-3-6-18/h7-12,15,18,26H,1-6,13-14H2,(H,25,27). The molecule has 0 saturated heterocycles. The second-order valence-corrected chi connectivity index (χ2v) is 9.18. The molecule has 0 unspecified atom stereocenters. The van der Waals surface area contributed by atoms with Gasteiger partial charge in [-0.3, -0.25) is 9.52 Å². The topological polar surface area (TPSA) is 84.5 Å². The predicted molar refractivity (Wildman–Crippen MR) is 113 cm³/mol. The van der Waals surface area contributed by atoms with Gasteiger partial charge in [0.05, 0.1) is 11.0 Å². The zero-order valence-electron chi connectivity index (χ0n) is 17.1. The van der Waals surface area contributed by atoms with Gasteiger partial charge < -0.3 is 10.1 Å². The minimum absolute atomic E-state index is 0.196. The molecule has 0 aromatic heterocycles. The summed E-state index contributed by atoms with van der Waals surface area (Å²) in [6.07, 6.45) is 6.99. The van der Waals surface area contributed by atoms with Crippen LogP contribution in [0.2, 0.25) is 0 Å². The van der Waals surface area contributed by atoms with Crippen LogP contribution in [0.4, 0.5) is 14.5 Å². The number of hydrogen-bond donors (Lipinski definition) is 2. The number of hydrogen-bond acceptors (Lipinski definition) is 4. The summed E-state index contributed by atoms with van der Waals surface area (Å²) in [5.41, 5.74) is 0.575. The van der Waals surface area contributed by atoms with E-state index in [2.05, 4.69) is 10.0 Å². The first kappa shape index (κ1) is 23.1. The normalized spacial score (nSPS) is 14.9. The molecule has 9 heteroatoms. The van der Waals surface area contributed by atoms with Gasteiger partial charge in [-0.25, -0.2) is 17.2 Å². The Labute approximate surface area is 181 Å². The zero-order valence-corrected chi connectivity index (χ0v) is 17.9. The van der Waals surface area contributed by atoms with Crippen LogP contribution in [0.3, 0.4) is 0 Å². The number of benzene rings is 2. The number of sulfonamides is 1. The average Bonchev–Trinajstić information content (AvgIpc) is 2.76. The first-order chi connectivity index (χ1) is 14.8. The van der Waals surface area contributed by atoms with Gasteiger partial charge in [0, 0.05) is 24.4 Å². The highest BCUT2D eigenvalue weighted by atomic mass is 32.2. The average molecular weight is 453 g/mol. The second kappa shape index (κ2) is 10.7. The fraction of sp³-hybridized carbons (Fsp3) is 0.409. The first-order valence-corrected chi connectivity index (χ1v) is 11.8. The molecular weight excluding hydrogens is 426 g/mol. The maximum atomic E-state index is 13.3. The van der Waals surface area contributed by atoms with Crippen LogP contribution in [0.25, 0.3) is 0 Å². The number of carbonyl (C=O) groups is 1. The molecule has 2 aromatic rings. The quantitative estimate of drug-likeness (QED) is 0.558. The van der Waals surface area contributed by atoms with E-state index in [-0.39, 0.29) is 11.6 Å². The van der Waals surface area contributed by atoms with Crippen molar-refractivity contribution in [1.29, 1.82) is 0 Å². The molecule has 168 valence electrons. The van der Waals surface area contributed by atoms with E-state index in [1.807, 2.05) is 0 Å². The molecule has 0 heterocycles. The maximum absolute atomic E-state index is 13.3. The van der Waals surface area contributed by atoms with Crippen LogP contribution in [0.1, 0.15) is 48.9 Å². The van der Waals surface area contributed by atoms with Crippen molar-refractivity contribution < 1.29 is 26.7 Å². The molecular formula is C22H26F2N2O4S. The Morgan fingerprint density at radius 2 is 1.71 bits per heavy atom. The second-order valence-electron chi connectivity index (χ2n) is 7.50. The van der Waals surface area contributed by atoms with Gasteiger partial charge >= 0.3 is 0 Å². The molecule has 0 aliphatic heterocycles. The van der Waals surface area contributed by atoms with E-state index in [4.69, 9.17) is 4.74 Å². The van der Waals surface area contributed by atoms with Crippen LogP contribution in [0.5, 0.6) is 0 Å². The summed E-state index contributed by atoms with van der Waals surface area (Å²) in [6, 6.07) is 8.15. The Bertz CT molecular complexity index is 991. The third-order valence-corrected chi connectivity index (χ3v) is 6.49. The van der Waals surface area contributed by atoms with E-state index in [0.29, 0.717) is 37.3 Å². The number of ether oxygens (including phenoxy) is 1. The highest BCUT2D eigenvalue weighted by molar-refractivity contribution is 7.92. The summed E-state index contributed by atoms with van der Waals surface area (Å²) in [7, 11) is -4.09. The van der Waals surface area contributed by atoms with Crippen LogP contribution in [-0.2, 0) is 14.8 Å². The number of halogens is 2. The van der Waals surface area contributed by atoms with Crippen molar-refractivity contribution in [3.63, 3.8) is 0 Å². The molecule has 1 aliphatic carbocycles. The minimum Gasteiger partial charge on any atom is -0.378 e. The molecule has 31 heavy (non-hydrogen) atoms. The SMILES string of the molecule is O=C(NCCCOC1CCCCC1)c1ccc(NS(=O)(=O)c2ccc(F)c(F)c2)cc1. The van der Waals surface area contributed by atoms with E-state index in [1.165, 1.54) is 43.5 Å². The van der Waals surface area contributed by atoms with E-state index in [9.17, 15) is 22.0 Å². The number of rotatable bonds is 9. The fourth-order valence-electron chi connectivity index (χ4n) is 3.41. The van der Waals surface area contributed by atoms with E-state index >= 15 is 0 Å². The van der Waals surface area contributed by atoms with Gasteiger partial charge in [-0.05, 0) is 61.7 Å². The zero-order chi connectivity index (χ0) is 22.3. The summed E-state index contributed by atoms with van der Waals surface area (Å²) >= 11 is 0. The molecule has 0 atom stereocenters. The smallest absolute Gasteiger partial charge is 0.261 e. The highest BCUT2D eigenvalue weighted by Gasteiger charge is 2.17. The Balaban J connectivity index is 1.46. The largest absolute Gasteiger partial charge is 0.378 e. The van der Waals surface area contributed by atoms with Gasteiger partial charge in [0.2, 0.25) is 0 Å². The Kier molecular flexibility index (Phi) is 7.97. The number of nitrogens with one attached hydrogen (secondary N) is 2. The lowest BCUT2D eigenvalue weighted by atomic mass is 9.98. The van der Waals surface area contributed by atoms with E-state index < -0.39 is 26.6 Å². The van der Waals surface area contributed by atoms with Crippen molar-refractivity contribution in [2.75, 3.05) is 17.9 Å². The Morgan fingerprint density at radius 3 is 2.39 bits per heavy atom. The van der Waals surface area contributed by atoms with Gasteiger partial charge in [0.1, 0.15) is 0 Å². The minimum atomic E-state index is -4.09. The molecule has 1 amide bonds. The summed E-state index contributed by atoms with van der Waals surface area (Å²) in [5, 5.41) is 2.81. The van der Waals surface area contributed by atoms with Gasteiger partial charge in [0.15, 0.2) is 11.6 Å². The van der Waals surface area contributed by atoms with Crippen molar-refractivity contribution in [2.45, 2.75) is 49.5 Å².